The third-order valence-corrected chi connectivity index (χ3v) is 5.15. The van der Waals surface area contributed by atoms with Crippen molar-refractivity contribution in [3.8, 4) is 0 Å². The second kappa shape index (κ2) is 11.4. The first-order valence-electron chi connectivity index (χ1n) is 10.8. The van der Waals surface area contributed by atoms with E-state index >= 15 is 0 Å². The third kappa shape index (κ3) is 7.18. The molecule has 2 aromatic rings. The molecule has 2 aromatic carbocycles. The van der Waals surface area contributed by atoms with Crippen LogP contribution in [0.1, 0.15) is 28.4 Å². The number of nitrogens with zero attached hydrogens (tertiary/aromatic N) is 2. The van der Waals surface area contributed by atoms with Crippen LogP contribution >= 0.6 is 0 Å². The summed E-state index contributed by atoms with van der Waals surface area (Å²) in [6, 6.07) is 13.1. The van der Waals surface area contributed by atoms with Crippen LogP contribution in [0.4, 0.5) is 11.4 Å². The Morgan fingerprint density at radius 2 is 1.75 bits per heavy atom. The number of ether oxygens (including phenoxy) is 1. The van der Waals surface area contributed by atoms with E-state index < -0.39 is 0 Å². The second-order valence-electron chi connectivity index (χ2n) is 7.84. The first kappa shape index (κ1) is 23.4. The fraction of sp³-hybridized carbons (Fsp3) is 0.375. The number of hydrogen-bond donors (Lipinski definition) is 3. The Kier molecular flexibility index (Phi) is 8.35. The van der Waals surface area contributed by atoms with Gasteiger partial charge in [0.25, 0.3) is 5.91 Å². The molecule has 0 saturated carbocycles. The Bertz CT molecular complexity index is 966. The zero-order valence-corrected chi connectivity index (χ0v) is 18.9. The number of anilines is 2. The van der Waals surface area contributed by atoms with Gasteiger partial charge in [0, 0.05) is 43.5 Å². The van der Waals surface area contributed by atoms with Crippen molar-refractivity contribution in [3.63, 3.8) is 0 Å². The lowest BCUT2D eigenvalue weighted by Crippen LogP contribution is -2.39. The number of morpholine rings is 1. The molecule has 2 amide bonds. The van der Waals surface area contributed by atoms with Crippen LogP contribution in [0.15, 0.2) is 47.5 Å². The number of amides is 2. The number of carbonyl (C=O) groups excluding carboxylic acids is 2. The summed E-state index contributed by atoms with van der Waals surface area (Å²) >= 11 is 0. The molecular formula is C24H31N5O3. The average Bonchev–Trinajstić information content (AvgIpc) is 2.77. The van der Waals surface area contributed by atoms with E-state index in [0.717, 1.165) is 49.7 Å². The van der Waals surface area contributed by atoms with Gasteiger partial charge in [0.15, 0.2) is 0 Å². The Morgan fingerprint density at radius 1 is 1.03 bits per heavy atom. The molecule has 0 aromatic heterocycles. The zero-order chi connectivity index (χ0) is 22.9. The standard InChI is InChI=1S/C24H31N5O3/c1-17-4-8-21(9-5-17)27-24(25-10-11-29-12-14-32-15-13-29)28-23(31)20-7-6-18(2)22(16-20)26-19(3)30/h4-9,16H,10-15H2,1-3H3,(H,26,30)(H2,25,27,28,31). The number of rotatable bonds is 6. The van der Waals surface area contributed by atoms with Gasteiger partial charge in [-0.2, -0.15) is 0 Å². The van der Waals surface area contributed by atoms with Crippen molar-refractivity contribution in [2.45, 2.75) is 20.8 Å². The van der Waals surface area contributed by atoms with Crippen LogP contribution in [0.2, 0.25) is 0 Å². The van der Waals surface area contributed by atoms with Crippen molar-refractivity contribution in [2.75, 3.05) is 50.0 Å². The molecule has 32 heavy (non-hydrogen) atoms. The molecule has 3 rings (SSSR count). The van der Waals surface area contributed by atoms with E-state index in [1.807, 2.05) is 44.2 Å². The second-order valence-corrected chi connectivity index (χ2v) is 7.84. The van der Waals surface area contributed by atoms with Crippen LogP contribution in [0, 0.1) is 13.8 Å². The summed E-state index contributed by atoms with van der Waals surface area (Å²) in [5.74, 6) is -0.104. The van der Waals surface area contributed by atoms with Gasteiger partial charge in [-0.05, 0) is 43.7 Å². The van der Waals surface area contributed by atoms with E-state index in [-0.39, 0.29) is 11.8 Å². The lowest BCUT2D eigenvalue weighted by molar-refractivity contribution is -0.114. The van der Waals surface area contributed by atoms with Gasteiger partial charge in [0.1, 0.15) is 0 Å². The predicted octanol–water partition coefficient (Wildman–Crippen LogP) is 2.79. The highest BCUT2D eigenvalue weighted by Crippen LogP contribution is 2.17. The van der Waals surface area contributed by atoms with Gasteiger partial charge in [-0.1, -0.05) is 23.8 Å². The molecule has 0 radical (unpaired) electrons. The molecule has 0 spiro atoms. The Hall–Kier alpha value is -3.23. The van der Waals surface area contributed by atoms with E-state index in [2.05, 4.69) is 25.8 Å². The molecule has 0 atom stereocenters. The predicted molar refractivity (Wildman–Crippen MR) is 127 cm³/mol. The number of aliphatic imine (C=N–C) groups is 1. The highest BCUT2D eigenvalue weighted by molar-refractivity contribution is 6.10. The van der Waals surface area contributed by atoms with Crippen LogP contribution in [0.5, 0.6) is 0 Å². The summed E-state index contributed by atoms with van der Waals surface area (Å²) in [5.41, 5.74) is 3.92. The number of aryl methyl sites for hydroxylation is 2. The summed E-state index contributed by atoms with van der Waals surface area (Å²) in [6.45, 7) is 9.91. The smallest absolute Gasteiger partial charge is 0.258 e. The Morgan fingerprint density at radius 3 is 2.44 bits per heavy atom. The van der Waals surface area contributed by atoms with E-state index in [1.54, 1.807) is 12.1 Å². The minimum Gasteiger partial charge on any atom is -0.379 e. The van der Waals surface area contributed by atoms with Crippen molar-refractivity contribution in [1.82, 2.24) is 10.2 Å². The summed E-state index contributed by atoms with van der Waals surface area (Å²) in [7, 11) is 0. The van der Waals surface area contributed by atoms with Crippen molar-refractivity contribution in [3.05, 3.63) is 59.2 Å². The van der Waals surface area contributed by atoms with Crippen molar-refractivity contribution < 1.29 is 14.3 Å². The van der Waals surface area contributed by atoms with Gasteiger partial charge in [0.05, 0.1) is 19.8 Å². The lowest BCUT2D eigenvalue weighted by atomic mass is 10.1. The van der Waals surface area contributed by atoms with E-state index in [4.69, 9.17) is 4.74 Å². The molecule has 3 N–H and O–H groups in total. The fourth-order valence-electron chi connectivity index (χ4n) is 3.28. The average molecular weight is 438 g/mol. The molecule has 0 unspecified atom stereocenters. The molecule has 1 saturated heterocycles. The third-order valence-electron chi connectivity index (χ3n) is 5.15. The number of hydrogen-bond acceptors (Lipinski definition) is 5. The van der Waals surface area contributed by atoms with Crippen LogP contribution in [0.25, 0.3) is 0 Å². The molecule has 170 valence electrons. The zero-order valence-electron chi connectivity index (χ0n) is 18.9. The number of nitrogens with one attached hydrogen (secondary N) is 3. The molecule has 1 aliphatic heterocycles. The molecule has 0 aliphatic carbocycles. The van der Waals surface area contributed by atoms with E-state index in [9.17, 15) is 9.59 Å². The SMILES string of the molecule is CC(=O)Nc1cc(C(=O)NC(=NCCN2CCOCC2)Nc2ccc(C)cc2)ccc1C. The molecule has 1 heterocycles. The van der Waals surface area contributed by atoms with E-state index in [0.29, 0.717) is 23.8 Å². The summed E-state index contributed by atoms with van der Waals surface area (Å²) in [4.78, 5) is 31.3. The maximum Gasteiger partial charge on any atom is 0.258 e. The van der Waals surface area contributed by atoms with Crippen LogP contribution in [0.3, 0.4) is 0 Å². The van der Waals surface area contributed by atoms with Crippen LogP contribution < -0.4 is 16.0 Å². The van der Waals surface area contributed by atoms with E-state index in [1.165, 1.54) is 6.92 Å². The minimum absolute atomic E-state index is 0.183. The largest absolute Gasteiger partial charge is 0.379 e. The summed E-state index contributed by atoms with van der Waals surface area (Å²) < 4.78 is 5.39. The molecular weight excluding hydrogens is 406 g/mol. The van der Waals surface area contributed by atoms with Crippen LogP contribution in [-0.2, 0) is 9.53 Å². The first-order valence-corrected chi connectivity index (χ1v) is 10.8. The Balaban J connectivity index is 1.72. The topological polar surface area (TPSA) is 95.1 Å². The quantitative estimate of drug-likeness (QED) is 0.477. The highest BCUT2D eigenvalue weighted by Gasteiger charge is 2.13. The van der Waals surface area contributed by atoms with Gasteiger partial charge >= 0.3 is 0 Å². The minimum atomic E-state index is -0.304. The maximum absolute atomic E-state index is 12.9. The first-order chi connectivity index (χ1) is 15.4. The highest BCUT2D eigenvalue weighted by atomic mass is 16.5. The molecule has 8 heteroatoms. The van der Waals surface area contributed by atoms with Gasteiger partial charge in [-0.25, -0.2) is 0 Å². The lowest BCUT2D eigenvalue weighted by Gasteiger charge is -2.25. The number of carbonyl (C=O) groups is 2. The number of benzene rings is 2. The summed E-state index contributed by atoms with van der Waals surface area (Å²) in [6.07, 6.45) is 0. The van der Waals surface area contributed by atoms with Gasteiger partial charge in [0.2, 0.25) is 11.9 Å². The fourth-order valence-corrected chi connectivity index (χ4v) is 3.28. The van der Waals surface area contributed by atoms with Gasteiger partial charge < -0.3 is 15.4 Å². The van der Waals surface area contributed by atoms with Crippen molar-refractivity contribution >= 4 is 29.1 Å². The summed E-state index contributed by atoms with van der Waals surface area (Å²) in [5, 5.41) is 8.84. The van der Waals surface area contributed by atoms with Gasteiger partial charge in [-0.3, -0.25) is 24.8 Å². The van der Waals surface area contributed by atoms with Gasteiger partial charge in [-0.15, -0.1) is 0 Å². The van der Waals surface area contributed by atoms with Crippen molar-refractivity contribution in [2.24, 2.45) is 4.99 Å². The number of guanidine groups is 1. The van der Waals surface area contributed by atoms with Crippen LogP contribution in [-0.4, -0.2) is 62.1 Å². The molecule has 1 aliphatic rings. The molecule has 8 nitrogen and oxygen atoms in total. The monoisotopic (exact) mass is 437 g/mol. The molecule has 1 fully saturated rings. The normalized spacial score (nSPS) is 14.7. The molecule has 0 bridgehead atoms. The maximum atomic E-state index is 12.9. The Labute approximate surface area is 189 Å². The van der Waals surface area contributed by atoms with Crippen molar-refractivity contribution in [1.29, 1.82) is 0 Å².